The third-order valence-electron chi connectivity index (χ3n) is 4.45. The molecule has 152 valence electrons. The number of nitrogens with one attached hydrogen (secondary N) is 1. The van der Waals surface area contributed by atoms with Gasteiger partial charge in [0.25, 0.3) is 0 Å². The van der Waals surface area contributed by atoms with Crippen LogP contribution >= 0.6 is 0 Å². The molecule has 1 saturated carbocycles. The van der Waals surface area contributed by atoms with Crippen molar-refractivity contribution in [1.82, 2.24) is 20.1 Å². The molecule has 1 aliphatic heterocycles. The van der Waals surface area contributed by atoms with Gasteiger partial charge in [0.15, 0.2) is 0 Å². The number of rotatable bonds is 6. The lowest BCUT2D eigenvalue weighted by Crippen LogP contribution is -2.21. The first-order chi connectivity index (χ1) is 13.3. The quantitative estimate of drug-likeness (QED) is 0.778. The second-order valence-electron chi connectivity index (χ2n) is 6.86. The molecule has 2 N–H and O–H groups in total. The predicted molar refractivity (Wildman–Crippen MR) is 91.8 cm³/mol. The van der Waals surface area contributed by atoms with E-state index in [9.17, 15) is 13.2 Å². The Labute approximate surface area is 159 Å². The lowest BCUT2D eigenvalue weighted by molar-refractivity contribution is -0.192. The molecule has 3 heterocycles. The Balaban J connectivity index is 0.000000279. The fourth-order valence-electron chi connectivity index (χ4n) is 2.82. The van der Waals surface area contributed by atoms with Crippen molar-refractivity contribution in [2.75, 3.05) is 6.61 Å². The van der Waals surface area contributed by atoms with Gasteiger partial charge in [-0.2, -0.15) is 18.3 Å². The van der Waals surface area contributed by atoms with Crippen molar-refractivity contribution >= 4 is 5.97 Å². The van der Waals surface area contributed by atoms with Crippen molar-refractivity contribution < 1.29 is 27.8 Å². The van der Waals surface area contributed by atoms with Crippen LogP contribution in [0, 0.1) is 5.92 Å². The van der Waals surface area contributed by atoms with Crippen LogP contribution in [0.1, 0.15) is 35.5 Å². The lowest BCUT2D eigenvalue weighted by Gasteiger charge is -2.14. The van der Waals surface area contributed by atoms with E-state index in [0.29, 0.717) is 6.61 Å². The zero-order chi connectivity index (χ0) is 20.1. The van der Waals surface area contributed by atoms with E-state index >= 15 is 0 Å². The third kappa shape index (κ3) is 5.77. The average molecular weight is 398 g/mol. The Kier molecular flexibility index (Phi) is 6.30. The summed E-state index contributed by atoms with van der Waals surface area (Å²) in [5.41, 5.74) is 4.74. The van der Waals surface area contributed by atoms with Crippen molar-refractivity contribution in [3.8, 4) is 0 Å². The molecule has 0 spiro atoms. The Morgan fingerprint density at radius 2 is 2.07 bits per heavy atom. The highest BCUT2D eigenvalue weighted by Gasteiger charge is 2.38. The SMILES string of the molecule is O=C(O)C(F)(F)F.c1ccc(CN2Cc3[nH]nc(COCC4CC4)c3C2)nc1. The summed E-state index contributed by atoms with van der Waals surface area (Å²) in [6.45, 7) is 4.26. The number of carboxylic acid groups (broad SMARTS) is 1. The monoisotopic (exact) mass is 398 g/mol. The van der Waals surface area contributed by atoms with E-state index in [4.69, 9.17) is 14.6 Å². The topological polar surface area (TPSA) is 91.3 Å². The molecule has 28 heavy (non-hydrogen) atoms. The van der Waals surface area contributed by atoms with Crippen LogP contribution in [0.3, 0.4) is 0 Å². The Morgan fingerprint density at radius 1 is 1.32 bits per heavy atom. The van der Waals surface area contributed by atoms with Crippen molar-refractivity contribution in [3.63, 3.8) is 0 Å². The molecule has 2 aromatic rings. The number of hydrogen-bond acceptors (Lipinski definition) is 5. The average Bonchev–Trinajstić information content (AvgIpc) is 3.27. The van der Waals surface area contributed by atoms with Crippen LogP contribution in [0.4, 0.5) is 13.2 Å². The van der Waals surface area contributed by atoms with Crippen molar-refractivity contribution in [1.29, 1.82) is 0 Å². The number of H-pyrrole nitrogens is 1. The highest BCUT2D eigenvalue weighted by molar-refractivity contribution is 5.73. The number of aliphatic carboxylic acids is 1. The molecule has 0 unspecified atom stereocenters. The Hall–Kier alpha value is -2.46. The van der Waals surface area contributed by atoms with Crippen LogP contribution in [0.25, 0.3) is 0 Å². The Morgan fingerprint density at radius 3 is 2.68 bits per heavy atom. The highest BCUT2D eigenvalue weighted by Crippen LogP contribution is 2.30. The molecule has 0 aromatic carbocycles. The molecule has 0 saturated heterocycles. The summed E-state index contributed by atoms with van der Waals surface area (Å²) in [4.78, 5) is 15.7. The van der Waals surface area contributed by atoms with E-state index in [0.717, 1.165) is 43.5 Å². The summed E-state index contributed by atoms with van der Waals surface area (Å²) in [6, 6.07) is 6.07. The number of halogens is 3. The maximum absolute atomic E-state index is 10.6. The fraction of sp³-hybridized carbons (Fsp3) is 0.500. The van der Waals surface area contributed by atoms with Gasteiger partial charge in [0.2, 0.25) is 0 Å². The summed E-state index contributed by atoms with van der Waals surface area (Å²) in [6.07, 6.45) is -0.573. The van der Waals surface area contributed by atoms with Gasteiger partial charge < -0.3 is 9.84 Å². The maximum Gasteiger partial charge on any atom is 0.490 e. The van der Waals surface area contributed by atoms with E-state index in [-0.39, 0.29) is 0 Å². The summed E-state index contributed by atoms with van der Waals surface area (Å²) in [7, 11) is 0. The number of hydrogen-bond donors (Lipinski definition) is 2. The van der Waals surface area contributed by atoms with E-state index in [1.54, 1.807) is 0 Å². The van der Waals surface area contributed by atoms with Crippen LogP contribution in [0.5, 0.6) is 0 Å². The van der Waals surface area contributed by atoms with Gasteiger partial charge in [-0.1, -0.05) is 6.07 Å². The first-order valence-corrected chi connectivity index (χ1v) is 8.88. The maximum atomic E-state index is 10.6. The third-order valence-corrected chi connectivity index (χ3v) is 4.45. The zero-order valence-electron chi connectivity index (χ0n) is 15.1. The summed E-state index contributed by atoms with van der Waals surface area (Å²) in [5, 5.41) is 14.7. The zero-order valence-corrected chi connectivity index (χ0v) is 15.1. The minimum absolute atomic E-state index is 0.639. The molecule has 7 nitrogen and oxygen atoms in total. The smallest absolute Gasteiger partial charge is 0.475 e. The number of aromatic amines is 1. The molecule has 2 aliphatic rings. The number of fused-ring (bicyclic) bond motifs is 1. The summed E-state index contributed by atoms with van der Waals surface area (Å²) < 4.78 is 37.5. The predicted octanol–water partition coefficient (Wildman–Crippen LogP) is 2.88. The number of aromatic nitrogens is 3. The van der Waals surface area contributed by atoms with Gasteiger partial charge in [0.05, 0.1) is 23.7 Å². The molecule has 10 heteroatoms. The number of ether oxygens (including phenoxy) is 1. The van der Waals surface area contributed by atoms with Crippen molar-refractivity contribution in [2.24, 2.45) is 5.92 Å². The van der Waals surface area contributed by atoms with Crippen LogP contribution in [0.2, 0.25) is 0 Å². The molecule has 0 amide bonds. The number of carbonyl (C=O) groups is 1. The van der Waals surface area contributed by atoms with Gasteiger partial charge in [-0.3, -0.25) is 15.0 Å². The molecular formula is C18H21F3N4O3. The molecule has 2 aromatic heterocycles. The van der Waals surface area contributed by atoms with Crippen molar-refractivity contribution in [2.45, 2.75) is 45.3 Å². The van der Waals surface area contributed by atoms with Crippen molar-refractivity contribution in [3.05, 3.63) is 47.0 Å². The van der Waals surface area contributed by atoms with Crippen LogP contribution in [-0.4, -0.2) is 43.9 Å². The van der Waals surface area contributed by atoms with Gasteiger partial charge >= 0.3 is 12.1 Å². The second-order valence-corrected chi connectivity index (χ2v) is 6.86. The highest BCUT2D eigenvalue weighted by atomic mass is 19.4. The Bertz CT molecular complexity index is 791. The number of alkyl halides is 3. The van der Waals surface area contributed by atoms with Gasteiger partial charge in [-0.25, -0.2) is 4.79 Å². The standard InChI is InChI=1S/C16H20N4O.C2HF3O2/c1-2-6-17-13(3-1)7-20-8-14-15(9-20)18-19-16(14)11-21-10-12-4-5-12;3-2(4,5)1(6)7/h1-3,6,12H,4-5,7-11H2,(H,18,19);(H,6,7). The fourth-order valence-corrected chi connectivity index (χ4v) is 2.82. The van der Waals surface area contributed by atoms with Gasteiger partial charge in [-0.05, 0) is 30.9 Å². The van der Waals surface area contributed by atoms with E-state index in [1.165, 1.54) is 24.1 Å². The lowest BCUT2D eigenvalue weighted by atomic mass is 10.2. The second kappa shape index (κ2) is 8.70. The van der Waals surface area contributed by atoms with E-state index < -0.39 is 12.1 Å². The molecule has 0 radical (unpaired) electrons. The normalized spacial score (nSPS) is 16.4. The van der Waals surface area contributed by atoms with Gasteiger partial charge in [0, 0.05) is 38.0 Å². The van der Waals surface area contributed by atoms with Gasteiger partial charge in [0.1, 0.15) is 0 Å². The minimum atomic E-state index is -5.08. The minimum Gasteiger partial charge on any atom is -0.475 e. The number of carboxylic acids is 1. The molecule has 4 rings (SSSR count). The van der Waals surface area contributed by atoms with Crippen LogP contribution in [-0.2, 0) is 35.8 Å². The largest absolute Gasteiger partial charge is 0.490 e. The summed E-state index contributed by atoms with van der Waals surface area (Å²) >= 11 is 0. The van der Waals surface area contributed by atoms with Gasteiger partial charge in [-0.15, -0.1) is 0 Å². The van der Waals surface area contributed by atoms with Crippen LogP contribution in [0.15, 0.2) is 24.4 Å². The van der Waals surface area contributed by atoms with E-state index in [2.05, 4.69) is 26.1 Å². The molecule has 1 aliphatic carbocycles. The molecule has 0 atom stereocenters. The van der Waals surface area contributed by atoms with E-state index in [1.807, 2.05) is 18.3 Å². The first kappa shape index (κ1) is 20.3. The summed E-state index contributed by atoms with van der Waals surface area (Å²) in [5.74, 6) is -1.95. The van der Waals surface area contributed by atoms with Crippen LogP contribution < -0.4 is 0 Å². The number of pyridine rings is 1. The first-order valence-electron chi connectivity index (χ1n) is 8.88. The molecular weight excluding hydrogens is 377 g/mol. The molecule has 0 bridgehead atoms. The number of nitrogens with zero attached hydrogens (tertiary/aromatic N) is 3. The molecule has 1 fully saturated rings.